The number of carbonyl (C=O) groups excluding carboxylic acids is 1. The lowest BCUT2D eigenvalue weighted by molar-refractivity contribution is 0.0946. The van der Waals surface area contributed by atoms with E-state index in [0.29, 0.717) is 18.7 Å². The number of aryl methyl sites for hydroxylation is 2. The maximum atomic E-state index is 12.1. The molecule has 3 rings (SSSR count). The SMILES string of the molecule is COc1cc(C)c(CN2CCC[C@H](n3cc(C(=O)NCCCO)nn3)C2)cc1C. The summed E-state index contributed by atoms with van der Waals surface area (Å²) in [5.41, 5.74) is 4.01. The molecule has 29 heavy (non-hydrogen) atoms. The van der Waals surface area contributed by atoms with Gasteiger partial charge >= 0.3 is 0 Å². The molecule has 1 aliphatic rings. The zero-order valence-corrected chi connectivity index (χ0v) is 17.5. The highest BCUT2D eigenvalue weighted by Gasteiger charge is 2.24. The molecule has 0 aliphatic carbocycles. The molecule has 158 valence electrons. The number of likely N-dealkylation sites (tertiary alicyclic amines) is 1. The van der Waals surface area contributed by atoms with Crippen molar-refractivity contribution in [2.24, 2.45) is 0 Å². The first-order valence-electron chi connectivity index (χ1n) is 10.2. The van der Waals surface area contributed by atoms with Gasteiger partial charge in [0.05, 0.1) is 19.3 Å². The van der Waals surface area contributed by atoms with Crippen molar-refractivity contribution in [3.63, 3.8) is 0 Å². The molecule has 8 nitrogen and oxygen atoms in total. The first-order valence-corrected chi connectivity index (χ1v) is 10.2. The van der Waals surface area contributed by atoms with Crippen LogP contribution in [-0.4, -0.2) is 64.3 Å². The van der Waals surface area contributed by atoms with Crippen LogP contribution in [0.2, 0.25) is 0 Å². The lowest BCUT2D eigenvalue weighted by Gasteiger charge is -2.33. The standard InChI is InChI=1S/C21H31N5O3/c1-15-11-20(29-3)16(2)10-17(15)12-25-8-4-6-18(13-25)26-14-19(23-24-26)21(28)22-7-5-9-27/h10-11,14,18,27H,4-9,12-13H2,1-3H3,(H,22,28)/t18-/m0/s1. The van der Waals surface area contributed by atoms with Crippen LogP contribution in [0.4, 0.5) is 0 Å². The van der Waals surface area contributed by atoms with Crippen LogP contribution in [0.3, 0.4) is 0 Å². The number of piperidine rings is 1. The topological polar surface area (TPSA) is 92.5 Å². The predicted octanol–water partition coefficient (Wildman–Crippen LogP) is 1.85. The summed E-state index contributed by atoms with van der Waals surface area (Å²) in [4.78, 5) is 14.5. The van der Waals surface area contributed by atoms with Gasteiger partial charge in [-0.25, -0.2) is 4.68 Å². The predicted molar refractivity (Wildman–Crippen MR) is 110 cm³/mol. The molecular weight excluding hydrogens is 370 g/mol. The fourth-order valence-corrected chi connectivity index (χ4v) is 3.80. The molecule has 1 atom stereocenters. The van der Waals surface area contributed by atoms with Crippen LogP contribution in [0.15, 0.2) is 18.3 Å². The number of rotatable bonds is 8. The number of amides is 1. The number of nitrogens with one attached hydrogen (secondary N) is 1. The van der Waals surface area contributed by atoms with Gasteiger partial charge in [-0.3, -0.25) is 9.69 Å². The molecule has 0 radical (unpaired) electrons. The second-order valence-electron chi connectivity index (χ2n) is 7.70. The normalized spacial score (nSPS) is 17.3. The van der Waals surface area contributed by atoms with E-state index in [1.807, 2.05) is 4.68 Å². The second kappa shape index (κ2) is 9.84. The molecule has 2 aromatic rings. The zero-order valence-electron chi connectivity index (χ0n) is 17.5. The van der Waals surface area contributed by atoms with Crippen LogP contribution < -0.4 is 10.1 Å². The van der Waals surface area contributed by atoms with E-state index < -0.39 is 0 Å². The molecule has 1 saturated heterocycles. The number of hydrogen-bond donors (Lipinski definition) is 2. The van der Waals surface area contributed by atoms with Gasteiger partial charge in [0.25, 0.3) is 5.91 Å². The first kappa shape index (κ1) is 21.3. The maximum Gasteiger partial charge on any atom is 0.273 e. The maximum absolute atomic E-state index is 12.1. The summed E-state index contributed by atoms with van der Waals surface area (Å²) < 4.78 is 7.24. The van der Waals surface area contributed by atoms with Crippen LogP contribution >= 0.6 is 0 Å². The Labute approximate surface area is 171 Å². The van der Waals surface area contributed by atoms with E-state index >= 15 is 0 Å². The number of carbonyl (C=O) groups is 1. The molecule has 0 saturated carbocycles. The molecule has 1 aliphatic heterocycles. The number of aromatic nitrogens is 3. The summed E-state index contributed by atoms with van der Waals surface area (Å²) in [7, 11) is 1.70. The van der Waals surface area contributed by atoms with E-state index in [2.05, 4.69) is 46.5 Å². The van der Waals surface area contributed by atoms with E-state index in [1.54, 1.807) is 13.3 Å². The van der Waals surface area contributed by atoms with Gasteiger partial charge in [-0.1, -0.05) is 11.3 Å². The highest BCUT2D eigenvalue weighted by atomic mass is 16.5. The summed E-state index contributed by atoms with van der Waals surface area (Å²) in [6.45, 7) is 7.49. The Morgan fingerprint density at radius 3 is 2.93 bits per heavy atom. The Morgan fingerprint density at radius 1 is 1.34 bits per heavy atom. The molecule has 1 amide bonds. The Hall–Kier alpha value is -2.45. The Kier molecular flexibility index (Phi) is 7.22. The molecule has 0 unspecified atom stereocenters. The minimum Gasteiger partial charge on any atom is -0.496 e. The number of aliphatic hydroxyl groups is 1. The fraction of sp³-hybridized carbons (Fsp3) is 0.571. The van der Waals surface area contributed by atoms with Crippen molar-refractivity contribution in [1.29, 1.82) is 0 Å². The molecule has 1 aromatic heterocycles. The number of ether oxygens (including phenoxy) is 1. The van der Waals surface area contributed by atoms with Crippen LogP contribution in [0.25, 0.3) is 0 Å². The molecular formula is C21H31N5O3. The summed E-state index contributed by atoms with van der Waals surface area (Å²) >= 11 is 0. The van der Waals surface area contributed by atoms with Gasteiger partial charge in [0, 0.05) is 26.2 Å². The average molecular weight is 402 g/mol. The van der Waals surface area contributed by atoms with E-state index in [-0.39, 0.29) is 18.6 Å². The quantitative estimate of drug-likeness (QED) is 0.656. The van der Waals surface area contributed by atoms with Gasteiger partial charge in [-0.2, -0.15) is 0 Å². The number of aliphatic hydroxyl groups excluding tert-OH is 1. The molecule has 0 spiro atoms. The van der Waals surface area contributed by atoms with Crippen molar-refractivity contribution in [2.45, 2.75) is 45.7 Å². The van der Waals surface area contributed by atoms with Gasteiger partial charge in [-0.15, -0.1) is 5.10 Å². The van der Waals surface area contributed by atoms with E-state index in [1.165, 1.54) is 11.1 Å². The van der Waals surface area contributed by atoms with Gasteiger partial charge in [0.1, 0.15) is 5.75 Å². The molecule has 0 bridgehead atoms. The van der Waals surface area contributed by atoms with Crippen LogP contribution in [0.5, 0.6) is 5.75 Å². The lowest BCUT2D eigenvalue weighted by Crippen LogP contribution is -2.36. The molecule has 1 aromatic carbocycles. The van der Waals surface area contributed by atoms with E-state index in [9.17, 15) is 4.79 Å². The highest BCUT2D eigenvalue weighted by molar-refractivity contribution is 5.91. The van der Waals surface area contributed by atoms with Crippen LogP contribution in [-0.2, 0) is 6.54 Å². The van der Waals surface area contributed by atoms with Gasteiger partial charge in [-0.05, 0) is 62.4 Å². The van der Waals surface area contributed by atoms with Crippen molar-refractivity contribution < 1.29 is 14.6 Å². The van der Waals surface area contributed by atoms with Crippen LogP contribution in [0.1, 0.15) is 52.5 Å². The number of benzene rings is 1. The van der Waals surface area contributed by atoms with Crippen molar-refractivity contribution in [1.82, 2.24) is 25.2 Å². The Bertz CT molecular complexity index is 836. The second-order valence-corrected chi connectivity index (χ2v) is 7.70. The third-order valence-electron chi connectivity index (χ3n) is 5.47. The summed E-state index contributed by atoms with van der Waals surface area (Å²) in [5.74, 6) is 0.678. The van der Waals surface area contributed by atoms with Crippen molar-refractivity contribution in [2.75, 3.05) is 33.4 Å². The average Bonchev–Trinajstić information content (AvgIpc) is 3.21. The molecule has 2 heterocycles. The van der Waals surface area contributed by atoms with Gasteiger partial charge < -0.3 is 15.2 Å². The largest absolute Gasteiger partial charge is 0.496 e. The minimum absolute atomic E-state index is 0.0536. The fourth-order valence-electron chi connectivity index (χ4n) is 3.80. The minimum atomic E-state index is -0.248. The molecule has 1 fully saturated rings. The third kappa shape index (κ3) is 5.33. The van der Waals surface area contributed by atoms with Gasteiger partial charge in [0.2, 0.25) is 0 Å². The molecule has 8 heteroatoms. The summed E-state index contributed by atoms with van der Waals surface area (Å²) in [6, 6.07) is 4.52. The smallest absolute Gasteiger partial charge is 0.273 e. The molecule has 2 N–H and O–H groups in total. The lowest BCUT2D eigenvalue weighted by atomic mass is 10.0. The van der Waals surface area contributed by atoms with Gasteiger partial charge in [0.15, 0.2) is 5.69 Å². The third-order valence-corrected chi connectivity index (χ3v) is 5.47. The van der Waals surface area contributed by atoms with E-state index in [0.717, 1.165) is 43.8 Å². The first-order chi connectivity index (χ1) is 14.0. The zero-order chi connectivity index (χ0) is 20.8. The monoisotopic (exact) mass is 401 g/mol. The number of methoxy groups -OCH3 is 1. The van der Waals surface area contributed by atoms with Crippen molar-refractivity contribution in [3.8, 4) is 5.75 Å². The van der Waals surface area contributed by atoms with E-state index in [4.69, 9.17) is 9.84 Å². The van der Waals surface area contributed by atoms with Crippen molar-refractivity contribution in [3.05, 3.63) is 40.7 Å². The summed E-state index contributed by atoms with van der Waals surface area (Å²) in [5, 5.41) is 19.8. The Morgan fingerprint density at radius 2 is 2.17 bits per heavy atom. The van der Waals surface area contributed by atoms with Crippen molar-refractivity contribution >= 4 is 5.91 Å². The van der Waals surface area contributed by atoms with Crippen LogP contribution in [0, 0.1) is 13.8 Å². The Balaban J connectivity index is 1.63. The number of hydrogen-bond acceptors (Lipinski definition) is 6. The number of nitrogens with zero attached hydrogens (tertiary/aromatic N) is 4. The summed E-state index contributed by atoms with van der Waals surface area (Å²) in [6.07, 6.45) is 4.36. The highest BCUT2D eigenvalue weighted by Crippen LogP contribution is 2.26.